The predicted octanol–water partition coefficient (Wildman–Crippen LogP) is 4.86. The fraction of sp³-hybridized carbons (Fsp3) is 0.448. The van der Waals surface area contributed by atoms with Gasteiger partial charge in [-0.05, 0) is 56.6 Å². The SMILES string of the molecule is COc1ccc2c3c1O[C@H]1[C@@]4(OC)C=C[C@@]5(C[C@@H]4c4nnc(Nc6ccccc6Cl)o4)[C@@H](C2)N(C)CC[C@]315. The highest BCUT2D eigenvalue weighted by Crippen LogP contribution is 2.75. The second kappa shape index (κ2) is 7.52. The van der Waals surface area contributed by atoms with Crippen LogP contribution in [-0.2, 0) is 16.6 Å². The van der Waals surface area contributed by atoms with Crippen molar-refractivity contribution in [2.24, 2.45) is 5.41 Å². The van der Waals surface area contributed by atoms with Crippen molar-refractivity contribution in [2.75, 3.05) is 33.1 Å². The van der Waals surface area contributed by atoms with Crippen LogP contribution in [0.5, 0.6) is 11.5 Å². The quantitative estimate of drug-likeness (QED) is 0.466. The molecule has 2 aromatic carbocycles. The lowest BCUT2D eigenvalue weighted by Crippen LogP contribution is -2.78. The first-order chi connectivity index (χ1) is 18.5. The molecule has 2 fully saturated rings. The number of nitrogens with one attached hydrogen (secondary N) is 1. The Hall–Kier alpha value is -3.07. The number of rotatable bonds is 5. The maximum atomic E-state index is 6.99. The van der Waals surface area contributed by atoms with Gasteiger partial charge in [0.1, 0.15) is 11.7 Å². The maximum absolute atomic E-state index is 6.99. The molecule has 2 spiro atoms. The van der Waals surface area contributed by atoms with E-state index in [1.165, 1.54) is 11.1 Å². The van der Waals surface area contributed by atoms with Gasteiger partial charge in [0.15, 0.2) is 11.5 Å². The molecule has 1 saturated heterocycles. The molecule has 6 atom stereocenters. The molecular formula is C29H29ClN4O4. The summed E-state index contributed by atoms with van der Waals surface area (Å²) >= 11 is 6.35. The van der Waals surface area contributed by atoms with Gasteiger partial charge in [0.25, 0.3) is 0 Å². The second-order valence-electron chi connectivity index (χ2n) is 11.3. The van der Waals surface area contributed by atoms with Crippen LogP contribution in [0.25, 0.3) is 0 Å². The number of ether oxygens (including phenoxy) is 3. The Morgan fingerprint density at radius 2 is 2.00 bits per heavy atom. The summed E-state index contributed by atoms with van der Waals surface area (Å²) in [7, 11) is 5.73. The molecule has 3 aromatic rings. The van der Waals surface area contributed by atoms with Crippen molar-refractivity contribution in [1.29, 1.82) is 0 Å². The molecule has 4 bridgehead atoms. The van der Waals surface area contributed by atoms with E-state index in [-0.39, 0.29) is 22.9 Å². The molecular weight excluding hydrogens is 504 g/mol. The lowest BCUT2D eigenvalue weighted by molar-refractivity contribution is -0.200. The number of anilines is 2. The standard InChI is InChI=1S/C29H29ClN4O4/c1-34-13-12-28-22-16-8-9-20(35-2)23(22)37-25(28)29(36-3)11-10-27(28,21(34)14-16)15-17(29)24-32-33-26(38-24)31-19-7-5-4-6-18(19)30/h4-11,17,21,25H,12-15H2,1-3H3,(H,31,33)/t17-,21-,25-,27-,28+,29-/m1/s1. The largest absolute Gasteiger partial charge is 0.493 e. The summed E-state index contributed by atoms with van der Waals surface area (Å²) in [6, 6.07) is 12.4. The van der Waals surface area contributed by atoms with Crippen molar-refractivity contribution >= 4 is 23.3 Å². The normalized spacial score (nSPS) is 35.6. The summed E-state index contributed by atoms with van der Waals surface area (Å²) in [6.07, 6.45) is 7.20. The Labute approximate surface area is 225 Å². The van der Waals surface area contributed by atoms with E-state index in [0.29, 0.717) is 28.7 Å². The third-order valence-electron chi connectivity index (χ3n) is 10.1. The van der Waals surface area contributed by atoms with Crippen LogP contribution in [0.3, 0.4) is 0 Å². The Morgan fingerprint density at radius 1 is 1.13 bits per heavy atom. The summed E-state index contributed by atoms with van der Waals surface area (Å²) in [6.45, 7) is 1.01. The van der Waals surface area contributed by atoms with Crippen LogP contribution in [-0.4, -0.2) is 60.7 Å². The molecule has 4 aliphatic carbocycles. The minimum absolute atomic E-state index is 0.162. The van der Waals surface area contributed by atoms with E-state index < -0.39 is 5.60 Å². The molecule has 0 amide bonds. The third kappa shape index (κ3) is 2.50. The number of methoxy groups -OCH3 is 2. The molecule has 9 rings (SSSR count). The number of benzene rings is 2. The van der Waals surface area contributed by atoms with Crippen molar-refractivity contribution < 1.29 is 18.6 Å². The molecule has 196 valence electrons. The van der Waals surface area contributed by atoms with Gasteiger partial charge < -0.3 is 28.8 Å². The Kier molecular flexibility index (Phi) is 4.53. The number of nitrogens with zero attached hydrogens (tertiary/aromatic N) is 3. The molecule has 6 aliphatic rings. The number of aromatic nitrogens is 2. The van der Waals surface area contributed by atoms with Gasteiger partial charge in [0.2, 0.25) is 5.89 Å². The maximum Gasteiger partial charge on any atom is 0.320 e. The van der Waals surface area contributed by atoms with E-state index in [0.717, 1.165) is 37.3 Å². The molecule has 1 saturated carbocycles. The van der Waals surface area contributed by atoms with Gasteiger partial charge in [-0.2, -0.15) is 0 Å². The van der Waals surface area contributed by atoms with Crippen LogP contribution in [0.2, 0.25) is 5.02 Å². The zero-order chi connectivity index (χ0) is 25.9. The number of likely N-dealkylation sites (tertiary alicyclic amines) is 1. The number of hydrogen-bond acceptors (Lipinski definition) is 8. The first-order valence-electron chi connectivity index (χ1n) is 13.1. The van der Waals surface area contributed by atoms with Gasteiger partial charge in [-0.15, -0.1) is 5.10 Å². The van der Waals surface area contributed by atoms with Gasteiger partial charge in [-0.3, -0.25) is 0 Å². The molecule has 9 heteroatoms. The molecule has 8 nitrogen and oxygen atoms in total. The molecule has 1 aromatic heterocycles. The van der Waals surface area contributed by atoms with Gasteiger partial charge >= 0.3 is 6.01 Å². The number of likely N-dealkylation sites (N-methyl/N-ethyl adjacent to an activating group) is 1. The van der Waals surface area contributed by atoms with Gasteiger partial charge in [0.05, 0.1) is 29.2 Å². The van der Waals surface area contributed by atoms with Crippen LogP contribution >= 0.6 is 11.6 Å². The zero-order valence-electron chi connectivity index (χ0n) is 21.5. The Morgan fingerprint density at radius 3 is 2.82 bits per heavy atom. The zero-order valence-corrected chi connectivity index (χ0v) is 22.3. The minimum Gasteiger partial charge on any atom is -0.493 e. The number of halogens is 1. The second-order valence-corrected chi connectivity index (χ2v) is 11.7. The van der Waals surface area contributed by atoms with E-state index in [4.69, 9.17) is 30.2 Å². The average Bonchev–Trinajstić information content (AvgIpc) is 3.55. The van der Waals surface area contributed by atoms with Gasteiger partial charge in [0, 0.05) is 24.1 Å². The molecule has 0 radical (unpaired) electrons. The lowest BCUT2D eigenvalue weighted by Gasteiger charge is -2.70. The van der Waals surface area contributed by atoms with Crippen molar-refractivity contribution in [3.63, 3.8) is 0 Å². The van der Waals surface area contributed by atoms with Crippen LogP contribution in [0.1, 0.15) is 35.8 Å². The molecule has 1 N–H and O–H groups in total. The predicted molar refractivity (Wildman–Crippen MR) is 142 cm³/mol. The Bertz CT molecular complexity index is 1510. The lowest BCUT2D eigenvalue weighted by atomic mass is 9.37. The highest BCUT2D eigenvalue weighted by Gasteiger charge is 2.79. The van der Waals surface area contributed by atoms with E-state index in [2.05, 4.69) is 45.7 Å². The van der Waals surface area contributed by atoms with Crippen LogP contribution < -0.4 is 14.8 Å². The highest BCUT2D eigenvalue weighted by molar-refractivity contribution is 6.33. The fourth-order valence-corrected chi connectivity index (χ4v) is 8.77. The van der Waals surface area contributed by atoms with Crippen LogP contribution in [0.15, 0.2) is 53.0 Å². The summed E-state index contributed by atoms with van der Waals surface area (Å²) in [5, 5.41) is 12.6. The summed E-state index contributed by atoms with van der Waals surface area (Å²) < 4.78 is 25.6. The molecule has 2 aliphatic heterocycles. The Balaban J connectivity index is 1.28. The van der Waals surface area contributed by atoms with E-state index in [9.17, 15) is 0 Å². The average molecular weight is 533 g/mol. The van der Waals surface area contributed by atoms with Crippen molar-refractivity contribution in [2.45, 2.75) is 48.3 Å². The monoisotopic (exact) mass is 532 g/mol. The third-order valence-corrected chi connectivity index (χ3v) is 10.5. The van der Waals surface area contributed by atoms with Gasteiger partial charge in [-0.1, -0.05) is 47.1 Å². The van der Waals surface area contributed by atoms with Crippen molar-refractivity contribution in [3.8, 4) is 11.5 Å². The van der Waals surface area contributed by atoms with Crippen LogP contribution in [0.4, 0.5) is 11.7 Å². The topological polar surface area (TPSA) is 81.9 Å². The molecule has 3 heterocycles. The van der Waals surface area contributed by atoms with Crippen LogP contribution in [0, 0.1) is 5.41 Å². The first kappa shape index (κ1) is 22.9. The fourth-order valence-electron chi connectivity index (χ4n) is 8.59. The summed E-state index contributed by atoms with van der Waals surface area (Å²) in [4.78, 5) is 2.53. The number of para-hydroxylation sites is 1. The number of piperidine rings is 1. The highest BCUT2D eigenvalue weighted by atomic mass is 35.5. The summed E-state index contributed by atoms with van der Waals surface area (Å²) in [5.74, 6) is 2.02. The number of fused-ring (bicyclic) bond motifs is 1. The minimum atomic E-state index is -0.769. The first-order valence-corrected chi connectivity index (χ1v) is 13.5. The smallest absolute Gasteiger partial charge is 0.320 e. The van der Waals surface area contributed by atoms with Crippen molar-refractivity contribution in [3.05, 3.63) is 70.6 Å². The van der Waals surface area contributed by atoms with E-state index in [1.54, 1.807) is 14.2 Å². The summed E-state index contributed by atoms with van der Waals surface area (Å²) in [5.41, 5.74) is 2.26. The van der Waals surface area contributed by atoms with Crippen molar-refractivity contribution in [1.82, 2.24) is 15.1 Å². The number of hydrogen-bond donors (Lipinski definition) is 1. The van der Waals surface area contributed by atoms with E-state index >= 15 is 0 Å². The van der Waals surface area contributed by atoms with Gasteiger partial charge in [-0.25, -0.2) is 0 Å². The molecule has 38 heavy (non-hydrogen) atoms. The van der Waals surface area contributed by atoms with E-state index in [1.807, 2.05) is 30.3 Å². The molecule has 0 unspecified atom stereocenters.